The fraction of sp³-hybridized carbons (Fsp3) is 0.200. The van der Waals surface area contributed by atoms with Gasteiger partial charge in [0.25, 0.3) is 0 Å². The van der Waals surface area contributed by atoms with Crippen LogP contribution in [0.5, 0.6) is 0 Å². The highest BCUT2D eigenvalue weighted by molar-refractivity contribution is 6.28. The molecule has 0 fully saturated rings. The Morgan fingerprint density at radius 1 is 1.44 bits per heavy atom. The second-order valence-corrected chi connectivity index (χ2v) is 1.90. The summed E-state index contributed by atoms with van der Waals surface area (Å²) >= 11 is 5.41. The van der Waals surface area contributed by atoms with Crippen LogP contribution in [0.2, 0.25) is 5.28 Å². The Morgan fingerprint density at radius 2 is 2.00 bits per heavy atom. The van der Waals surface area contributed by atoms with Crippen LogP contribution < -0.4 is 5.73 Å². The van der Waals surface area contributed by atoms with E-state index in [1.165, 1.54) is 0 Å². The monoisotopic (exact) mass is 143 g/mol. The summed E-state index contributed by atoms with van der Waals surface area (Å²) in [4.78, 5) is 7.45. The normalized spacial score (nSPS) is 9.56. The lowest BCUT2D eigenvalue weighted by Gasteiger charge is -1.91. The lowest BCUT2D eigenvalue weighted by atomic mass is 10.4. The SMILES string of the molecule is NCc1cnc(Cl)nc1. The van der Waals surface area contributed by atoms with Crippen LogP contribution in [0, 0.1) is 0 Å². The number of nitrogens with zero attached hydrogens (tertiary/aromatic N) is 2. The van der Waals surface area contributed by atoms with E-state index >= 15 is 0 Å². The van der Waals surface area contributed by atoms with Crippen molar-refractivity contribution < 1.29 is 0 Å². The summed E-state index contributed by atoms with van der Waals surface area (Å²) in [6.07, 6.45) is 3.21. The molecule has 1 rings (SSSR count). The molecule has 1 aromatic heterocycles. The third-order valence-corrected chi connectivity index (χ3v) is 1.10. The van der Waals surface area contributed by atoms with Crippen molar-refractivity contribution in [2.24, 2.45) is 5.73 Å². The van der Waals surface area contributed by atoms with Crippen LogP contribution in [-0.2, 0) is 6.54 Å². The van der Waals surface area contributed by atoms with Gasteiger partial charge >= 0.3 is 0 Å². The smallest absolute Gasteiger partial charge is 0.222 e. The molecule has 0 aliphatic carbocycles. The molecular formula is C5H6ClN3. The molecule has 4 heteroatoms. The highest BCUT2D eigenvalue weighted by atomic mass is 35.5. The summed E-state index contributed by atoms with van der Waals surface area (Å²) in [7, 11) is 0. The first-order valence-corrected chi connectivity index (χ1v) is 2.87. The minimum Gasteiger partial charge on any atom is -0.326 e. The molecule has 0 atom stereocenters. The first-order valence-electron chi connectivity index (χ1n) is 2.49. The molecule has 0 saturated heterocycles. The van der Waals surface area contributed by atoms with Gasteiger partial charge in [0.05, 0.1) is 0 Å². The van der Waals surface area contributed by atoms with Gasteiger partial charge in [-0.05, 0) is 11.6 Å². The van der Waals surface area contributed by atoms with Crippen molar-refractivity contribution >= 4 is 11.6 Å². The summed E-state index contributed by atoms with van der Waals surface area (Å²) in [6, 6.07) is 0. The van der Waals surface area contributed by atoms with Crippen molar-refractivity contribution in [2.75, 3.05) is 0 Å². The number of hydrogen-bond donors (Lipinski definition) is 1. The molecule has 0 saturated carbocycles. The predicted molar refractivity (Wildman–Crippen MR) is 34.9 cm³/mol. The average Bonchev–Trinajstić information content (AvgIpc) is 1.90. The van der Waals surface area contributed by atoms with E-state index in [0.717, 1.165) is 5.56 Å². The van der Waals surface area contributed by atoms with E-state index in [1.807, 2.05) is 0 Å². The van der Waals surface area contributed by atoms with E-state index in [9.17, 15) is 0 Å². The van der Waals surface area contributed by atoms with E-state index in [4.69, 9.17) is 17.3 Å². The molecule has 48 valence electrons. The van der Waals surface area contributed by atoms with Crippen molar-refractivity contribution in [1.82, 2.24) is 9.97 Å². The Labute approximate surface area is 57.9 Å². The van der Waals surface area contributed by atoms with E-state index in [-0.39, 0.29) is 5.28 Å². The maximum absolute atomic E-state index is 5.41. The van der Waals surface area contributed by atoms with Gasteiger partial charge in [0.15, 0.2) is 0 Å². The van der Waals surface area contributed by atoms with Gasteiger partial charge in [0, 0.05) is 24.5 Å². The molecular weight excluding hydrogens is 138 g/mol. The van der Waals surface area contributed by atoms with Gasteiger partial charge in [-0.25, -0.2) is 9.97 Å². The Bertz CT molecular complexity index is 184. The van der Waals surface area contributed by atoms with E-state index in [0.29, 0.717) is 6.54 Å². The number of aromatic nitrogens is 2. The molecule has 0 spiro atoms. The van der Waals surface area contributed by atoms with Gasteiger partial charge < -0.3 is 5.73 Å². The van der Waals surface area contributed by atoms with Crippen LogP contribution in [0.1, 0.15) is 5.56 Å². The topological polar surface area (TPSA) is 51.8 Å². The molecule has 0 radical (unpaired) electrons. The molecule has 0 unspecified atom stereocenters. The van der Waals surface area contributed by atoms with Crippen LogP contribution in [0.4, 0.5) is 0 Å². The summed E-state index contributed by atoms with van der Waals surface area (Å²) in [6.45, 7) is 0.456. The molecule has 9 heavy (non-hydrogen) atoms. The molecule has 0 aliphatic heterocycles. The van der Waals surface area contributed by atoms with Gasteiger partial charge in [-0.15, -0.1) is 0 Å². The molecule has 3 nitrogen and oxygen atoms in total. The Hall–Kier alpha value is -0.670. The summed E-state index contributed by atoms with van der Waals surface area (Å²) in [5.41, 5.74) is 6.17. The van der Waals surface area contributed by atoms with Crippen LogP contribution in [0.15, 0.2) is 12.4 Å². The summed E-state index contributed by atoms with van der Waals surface area (Å²) in [5, 5.41) is 0.257. The van der Waals surface area contributed by atoms with Crippen molar-refractivity contribution in [1.29, 1.82) is 0 Å². The van der Waals surface area contributed by atoms with Gasteiger partial charge in [-0.3, -0.25) is 0 Å². The number of halogens is 1. The minimum absolute atomic E-state index is 0.257. The van der Waals surface area contributed by atoms with Crippen molar-refractivity contribution in [3.8, 4) is 0 Å². The van der Waals surface area contributed by atoms with Crippen molar-refractivity contribution in [3.63, 3.8) is 0 Å². The molecule has 0 aliphatic rings. The lowest BCUT2D eigenvalue weighted by molar-refractivity contribution is 1.01. The van der Waals surface area contributed by atoms with Crippen molar-refractivity contribution in [2.45, 2.75) is 6.54 Å². The standard InChI is InChI=1S/C5H6ClN3/c6-5-8-2-4(1-7)3-9-5/h2-3H,1,7H2. The highest BCUT2D eigenvalue weighted by Gasteiger charge is 1.89. The Balaban J connectivity index is 2.88. The quantitative estimate of drug-likeness (QED) is 0.586. The second kappa shape index (κ2) is 2.75. The van der Waals surface area contributed by atoms with Crippen molar-refractivity contribution in [3.05, 3.63) is 23.2 Å². The first-order chi connectivity index (χ1) is 4.33. The minimum atomic E-state index is 0.257. The van der Waals surface area contributed by atoms with Gasteiger partial charge in [0.2, 0.25) is 5.28 Å². The third kappa shape index (κ3) is 1.62. The zero-order valence-corrected chi connectivity index (χ0v) is 5.47. The van der Waals surface area contributed by atoms with E-state index in [2.05, 4.69) is 9.97 Å². The Kier molecular flexibility index (Phi) is 1.97. The van der Waals surface area contributed by atoms with E-state index < -0.39 is 0 Å². The van der Waals surface area contributed by atoms with Crippen LogP contribution in [0.25, 0.3) is 0 Å². The first kappa shape index (κ1) is 6.45. The van der Waals surface area contributed by atoms with Crippen LogP contribution in [0.3, 0.4) is 0 Å². The second-order valence-electron chi connectivity index (χ2n) is 1.56. The third-order valence-electron chi connectivity index (χ3n) is 0.910. The highest BCUT2D eigenvalue weighted by Crippen LogP contribution is 1.98. The molecule has 0 aromatic carbocycles. The number of rotatable bonds is 1. The lowest BCUT2D eigenvalue weighted by Crippen LogP contribution is -1.97. The zero-order valence-electron chi connectivity index (χ0n) is 4.71. The molecule has 0 bridgehead atoms. The maximum atomic E-state index is 5.41. The molecule has 2 N–H and O–H groups in total. The van der Waals surface area contributed by atoms with Gasteiger partial charge in [-0.2, -0.15) is 0 Å². The number of hydrogen-bond acceptors (Lipinski definition) is 3. The van der Waals surface area contributed by atoms with Crippen LogP contribution >= 0.6 is 11.6 Å². The average molecular weight is 144 g/mol. The van der Waals surface area contributed by atoms with Gasteiger partial charge in [0.1, 0.15) is 0 Å². The maximum Gasteiger partial charge on any atom is 0.222 e. The predicted octanol–water partition coefficient (Wildman–Crippen LogP) is 0.589. The molecule has 0 amide bonds. The van der Waals surface area contributed by atoms with Gasteiger partial charge in [-0.1, -0.05) is 0 Å². The van der Waals surface area contributed by atoms with Crippen LogP contribution in [-0.4, -0.2) is 9.97 Å². The number of nitrogens with two attached hydrogens (primary N) is 1. The fourth-order valence-corrected chi connectivity index (χ4v) is 0.542. The summed E-state index contributed by atoms with van der Waals surface area (Å²) < 4.78 is 0. The largest absolute Gasteiger partial charge is 0.326 e. The molecule has 1 heterocycles. The Morgan fingerprint density at radius 3 is 2.44 bits per heavy atom. The van der Waals surface area contributed by atoms with E-state index in [1.54, 1.807) is 12.4 Å². The fourth-order valence-electron chi connectivity index (χ4n) is 0.444. The summed E-state index contributed by atoms with van der Waals surface area (Å²) in [5.74, 6) is 0. The molecule has 1 aromatic rings. The zero-order chi connectivity index (χ0) is 6.69.